The Balaban J connectivity index is 1.57. The van der Waals surface area contributed by atoms with E-state index in [0.29, 0.717) is 35.4 Å². The zero-order valence-electron chi connectivity index (χ0n) is 13.5. The second kappa shape index (κ2) is 6.29. The monoisotopic (exact) mass is 354 g/mol. The molecule has 3 heterocycles. The van der Waals surface area contributed by atoms with Gasteiger partial charge in [-0.05, 0) is 36.8 Å². The van der Waals surface area contributed by atoms with Gasteiger partial charge in [0, 0.05) is 30.9 Å². The van der Waals surface area contributed by atoms with Gasteiger partial charge in [0.15, 0.2) is 0 Å². The van der Waals surface area contributed by atoms with Gasteiger partial charge in [0.2, 0.25) is 17.6 Å². The van der Waals surface area contributed by atoms with E-state index in [1.807, 2.05) is 37.3 Å². The van der Waals surface area contributed by atoms with Crippen molar-refractivity contribution < 1.29 is 9.32 Å². The second-order valence-corrected chi connectivity index (χ2v) is 6.46. The number of rotatable bonds is 3. The van der Waals surface area contributed by atoms with Crippen LogP contribution >= 0.6 is 11.6 Å². The number of nitrogens with zero attached hydrogens (tertiary/aromatic N) is 4. The van der Waals surface area contributed by atoms with Crippen LogP contribution in [0.15, 0.2) is 47.2 Å². The Bertz CT molecular complexity index is 926. The van der Waals surface area contributed by atoms with Crippen LogP contribution in [0, 0.1) is 6.92 Å². The summed E-state index contributed by atoms with van der Waals surface area (Å²) in [5, 5.41) is 4.58. The molecule has 1 amide bonds. The molecule has 1 aliphatic rings. The van der Waals surface area contributed by atoms with Crippen molar-refractivity contribution in [2.45, 2.75) is 19.3 Å². The van der Waals surface area contributed by atoms with Crippen LogP contribution in [0.25, 0.3) is 11.4 Å². The molecule has 2 aromatic heterocycles. The van der Waals surface area contributed by atoms with Gasteiger partial charge in [-0.1, -0.05) is 22.8 Å². The number of halogens is 1. The molecule has 1 aliphatic heterocycles. The SMILES string of the molecule is Cc1ccc(N2CC(c3nc(-c4ccncc4)no3)CC2=O)c(Cl)c1. The van der Waals surface area contributed by atoms with Gasteiger partial charge in [-0.3, -0.25) is 9.78 Å². The number of anilines is 1. The van der Waals surface area contributed by atoms with Crippen molar-refractivity contribution in [1.29, 1.82) is 0 Å². The van der Waals surface area contributed by atoms with Gasteiger partial charge in [-0.2, -0.15) is 4.98 Å². The van der Waals surface area contributed by atoms with Gasteiger partial charge >= 0.3 is 0 Å². The standard InChI is InChI=1S/C18H15ClN4O2/c1-11-2-3-15(14(19)8-11)23-10-13(9-16(23)24)18-21-17(22-25-18)12-4-6-20-7-5-12/h2-8,13H,9-10H2,1H3. The Morgan fingerprint density at radius 2 is 2.04 bits per heavy atom. The Labute approximate surface area is 149 Å². The third-order valence-electron chi connectivity index (χ3n) is 4.25. The maximum Gasteiger partial charge on any atom is 0.232 e. The van der Waals surface area contributed by atoms with Crippen LogP contribution in [0.2, 0.25) is 5.02 Å². The second-order valence-electron chi connectivity index (χ2n) is 6.05. The molecule has 0 radical (unpaired) electrons. The van der Waals surface area contributed by atoms with Crippen LogP contribution < -0.4 is 4.90 Å². The lowest BCUT2D eigenvalue weighted by atomic mass is 10.1. The third-order valence-corrected chi connectivity index (χ3v) is 4.55. The predicted octanol–water partition coefficient (Wildman–Crippen LogP) is 3.61. The highest BCUT2D eigenvalue weighted by Crippen LogP contribution is 2.35. The van der Waals surface area contributed by atoms with E-state index >= 15 is 0 Å². The van der Waals surface area contributed by atoms with Gasteiger partial charge in [0.05, 0.1) is 16.6 Å². The van der Waals surface area contributed by atoms with Gasteiger partial charge < -0.3 is 9.42 Å². The van der Waals surface area contributed by atoms with E-state index in [4.69, 9.17) is 16.1 Å². The number of aryl methyl sites for hydroxylation is 1. The maximum absolute atomic E-state index is 12.4. The van der Waals surface area contributed by atoms with Crippen LogP contribution in [0.1, 0.15) is 23.8 Å². The summed E-state index contributed by atoms with van der Waals surface area (Å²) in [4.78, 5) is 22.5. The number of carbonyl (C=O) groups is 1. The van der Waals surface area contributed by atoms with Crippen molar-refractivity contribution in [3.05, 3.63) is 59.2 Å². The first-order chi connectivity index (χ1) is 12.1. The molecule has 0 spiro atoms. The highest BCUT2D eigenvalue weighted by molar-refractivity contribution is 6.34. The fourth-order valence-electron chi connectivity index (χ4n) is 2.96. The number of pyridine rings is 1. The summed E-state index contributed by atoms with van der Waals surface area (Å²) in [6.07, 6.45) is 3.67. The maximum atomic E-state index is 12.4. The fourth-order valence-corrected chi connectivity index (χ4v) is 3.29. The lowest BCUT2D eigenvalue weighted by Crippen LogP contribution is -2.24. The van der Waals surface area contributed by atoms with Crippen molar-refractivity contribution in [3.8, 4) is 11.4 Å². The van der Waals surface area contributed by atoms with E-state index in [1.54, 1.807) is 17.3 Å². The van der Waals surface area contributed by atoms with E-state index in [9.17, 15) is 4.79 Å². The van der Waals surface area contributed by atoms with Crippen LogP contribution in [-0.4, -0.2) is 27.6 Å². The summed E-state index contributed by atoms with van der Waals surface area (Å²) < 4.78 is 5.39. The Morgan fingerprint density at radius 3 is 2.80 bits per heavy atom. The molecule has 1 saturated heterocycles. The first kappa shape index (κ1) is 15.8. The van der Waals surface area contributed by atoms with Gasteiger partial charge in [0.25, 0.3) is 0 Å². The van der Waals surface area contributed by atoms with Crippen molar-refractivity contribution in [2.24, 2.45) is 0 Å². The summed E-state index contributed by atoms with van der Waals surface area (Å²) in [6.45, 7) is 2.43. The molecular weight excluding hydrogens is 340 g/mol. The van der Waals surface area contributed by atoms with Gasteiger partial charge in [0.1, 0.15) is 0 Å². The molecule has 25 heavy (non-hydrogen) atoms. The van der Waals surface area contributed by atoms with E-state index < -0.39 is 0 Å². The minimum Gasteiger partial charge on any atom is -0.339 e. The lowest BCUT2D eigenvalue weighted by molar-refractivity contribution is -0.117. The summed E-state index contributed by atoms with van der Waals surface area (Å²) in [6, 6.07) is 9.29. The molecule has 0 saturated carbocycles. The average molecular weight is 355 g/mol. The van der Waals surface area contributed by atoms with Gasteiger partial charge in [-0.25, -0.2) is 0 Å². The first-order valence-electron chi connectivity index (χ1n) is 7.92. The number of hydrogen-bond acceptors (Lipinski definition) is 5. The molecule has 126 valence electrons. The number of benzene rings is 1. The molecule has 1 unspecified atom stereocenters. The predicted molar refractivity (Wildman–Crippen MR) is 93.4 cm³/mol. The fraction of sp³-hybridized carbons (Fsp3) is 0.222. The van der Waals surface area contributed by atoms with Gasteiger partial charge in [-0.15, -0.1) is 0 Å². The molecule has 0 N–H and O–H groups in total. The average Bonchev–Trinajstić information content (AvgIpc) is 3.23. The molecule has 1 atom stereocenters. The molecule has 4 rings (SSSR count). The molecule has 0 aliphatic carbocycles. The van der Waals surface area contributed by atoms with Crippen LogP contribution in [0.3, 0.4) is 0 Å². The van der Waals surface area contributed by atoms with E-state index in [0.717, 1.165) is 11.1 Å². The smallest absolute Gasteiger partial charge is 0.232 e. The highest BCUT2D eigenvalue weighted by Gasteiger charge is 2.36. The summed E-state index contributed by atoms with van der Waals surface area (Å²) >= 11 is 6.30. The normalized spacial score (nSPS) is 17.3. The zero-order valence-corrected chi connectivity index (χ0v) is 14.3. The Kier molecular flexibility index (Phi) is 3.97. The van der Waals surface area contributed by atoms with Crippen molar-refractivity contribution in [2.75, 3.05) is 11.4 Å². The number of hydrogen-bond donors (Lipinski definition) is 0. The number of aromatic nitrogens is 3. The van der Waals surface area contributed by atoms with Crippen molar-refractivity contribution in [3.63, 3.8) is 0 Å². The van der Waals surface area contributed by atoms with E-state index in [2.05, 4.69) is 15.1 Å². The molecule has 1 aromatic carbocycles. The topological polar surface area (TPSA) is 72.1 Å². The first-order valence-corrected chi connectivity index (χ1v) is 8.30. The van der Waals surface area contributed by atoms with Crippen LogP contribution in [0.4, 0.5) is 5.69 Å². The minimum absolute atomic E-state index is 0.000542. The van der Waals surface area contributed by atoms with Crippen molar-refractivity contribution >= 4 is 23.2 Å². The molecule has 7 heteroatoms. The largest absolute Gasteiger partial charge is 0.339 e. The third kappa shape index (κ3) is 3.00. The van der Waals surface area contributed by atoms with E-state index in [1.165, 1.54) is 0 Å². The molecule has 3 aromatic rings. The number of amides is 1. The molecule has 6 nitrogen and oxygen atoms in total. The molecular formula is C18H15ClN4O2. The number of carbonyl (C=O) groups excluding carboxylic acids is 1. The van der Waals surface area contributed by atoms with E-state index in [-0.39, 0.29) is 11.8 Å². The van der Waals surface area contributed by atoms with Crippen molar-refractivity contribution in [1.82, 2.24) is 15.1 Å². The quantitative estimate of drug-likeness (QED) is 0.718. The summed E-state index contributed by atoms with van der Waals surface area (Å²) in [5.41, 5.74) is 2.59. The highest BCUT2D eigenvalue weighted by atomic mass is 35.5. The van der Waals surface area contributed by atoms with Crippen LogP contribution in [0.5, 0.6) is 0 Å². The minimum atomic E-state index is -0.145. The Hall–Kier alpha value is -2.73. The molecule has 0 bridgehead atoms. The lowest BCUT2D eigenvalue weighted by Gasteiger charge is -2.18. The van der Waals surface area contributed by atoms with Crippen LogP contribution in [-0.2, 0) is 4.79 Å². The molecule has 1 fully saturated rings. The zero-order chi connectivity index (χ0) is 17.4. The Morgan fingerprint density at radius 1 is 1.24 bits per heavy atom. The summed E-state index contributed by atoms with van der Waals surface area (Å²) in [7, 11) is 0. The summed E-state index contributed by atoms with van der Waals surface area (Å²) in [5.74, 6) is 0.815.